The minimum absolute atomic E-state index is 0.0389. The van der Waals surface area contributed by atoms with Gasteiger partial charge in [0.25, 0.3) is 0 Å². The summed E-state index contributed by atoms with van der Waals surface area (Å²) in [6, 6.07) is 3.59. The molecular weight excluding hydrogens is 234 g/mol. The van der Waals surface area contributed by atoms with E-state index in [1.54, 1.807) is 25.4 Å². The average Bonchev–Trinajstić information content (AvgIpc) is 2.28. The number of aromatic nitrogens is 3. The van der Waals surface area contributed by atoms with Gasteiger partial charge < -0.3 is 5.73 Å². The van der Waals surface area contributed by atoms with Crippen LogP contribution in [0.2, 0.25) is 0 Å². The van der Waals surface area contributed by atoms with Gasteiger partial charge in [-0.25, -0.2) is 9.97 Å². The van der Waals surface area contributed by atoms with Gasteiger partial charge in [-0.1, -0.05) is 6.07 Å². The molecule has 2 aromatic heterocycles. The number of nitro groups is 1. The number of nitrogens with two attached hydrogens (primary N) is 1. The van der Waals surface area contributed by atoms with Crippen molar-refractivity contribution in [2.45, 2.75) is 13.3 Å². The van der Waals surface area contributed by atoms with E-state index in [-0.39, 0.29) is 17.3 Å². The van der Waals surface area contributed by atoms with E-state index in [2.05, 4.69) is 15.0 Å². The van der Waals surface area contributed by atoms with Crippen molar-refractivity contribution >= 4 is 11.6 Å². The molecule has 0 spiro atoms. The van der Waals surface area contributed by atoms with Gasteiger partial charge in [-0.2, -0.15) is 0 Å². The summed E-state index contributed by atoms with van der Waals surface area (Å²) >= 11 is 0. The minimum atomic E-state index is -0.486. The van der Waals surface area contributed by atoms with Crippen LogP contribution in [-0.4, -0.2) is 19.9 Å². The standard InChI is InChI=1S/C11H11N5O2/c1-7-10(16(17)18)9(15-11(12)14-7)5-8-3-2-4-13-6-8/h2-4,6H,5H2,1H3,(H2,12,14,15). The molecule has 2 N–H and O–H groups in total. The highest BCUT2D eigenvalue weighted by molar-refractivity contribution is 5.44. The first-order chi connectivity index (χ1) is 8.58. The number of aryl methyl sites for hydroxylation is 1. The maximum absolute atomic E-state index is 11.0. The van der Waals surface area contributed by atoms with Gasteiger partial charge in [0.2, 0.25) is 5.95 Å². The molecule has 0 aliphatic rings. The lowest BCUT2D eigenvalue weighted by Crippen LogP contribution is -2.07. The molecule has 7 nitrogen and oxygen atoms in total. The summed E-state index contributed by atoms with van der Waals surface area (Å²) in [5.41, 5.74) is 6.84. The van der Waals surface area contributed by atoms with Crippen molar-refractivity contribution in [3.05, 3.63) is 51.6 Å². The largest absolute Gasteiger partial charge is 0.368 e. The third-order valence-electron chi connectivity index (χ3n) is 2.42. The van der Waals surface area contributed by atoms with E-state index in [1.807, 2.05) is 6.07 Å². The number of nitrogen functional groups attached to an aromatic ring is 1. The summed E-state index contributed by atoms with van der Waals surface area (Å²) in [6.07, 6.45) is 3.58. The number of pyridine rings is 1. The Labute approximate surface area is 103 Å². The molecule has 0 saturated carbocycles. The van der Waals surface area contributed by atoms with Gasteiger partial charge in [0.15, 0.2) is 0 Å². The summed E-state index contributed by atoms with van der Waals surface area (Å²) in [5, 5.41) is 11.0. The van der Waals surface area contributed by atoms with Gasteiger partial charge in [0, 0.05) is 18.8 Å². The number of nitrogens with zero attached hydrogens (tertiary/aromatic N) is 4. The van der Waals surface area contributed by atoms with Crippen LogP contribution in [0.5, 0.6) is 0 Å². The van der Waals surface area contributed by atoms with Gasteiger partial charge in [-0.05, 0) is 18.6 Å². The fourth-order valence-electron chi connectivity index (χ4n) is 1.71. The van der Waals surface area contributed by atoms with Crippen molar-refractivity contribution < 1.29 is 4.92 Å². The summed E-state index contributed by atoms with van der Waals surface area (Å²) in [4.78, 5) is 22.2. The Morgan fingerprint density at radius 3 is 2.83 bits per heavy atom. The first kappa shape index (κ1) is 11.9. The average molecular weight is 245 g/mol. The predicted octanol–water partition coefficient (Wildman–Crippen LogP) is 1.26. The van der Waals surface area contributed by atoms with E-state index in [9.17, 15) is 10.1 Å². The number of hydrogen-bond donors (Lipinski definition) is 1. The predicted molar refractivity (Wildman–Crippen MR) is 64.9 cm³/mol. The molecule has 0 radical (unpaired) electrons. The summed E-state index contributed by atoms with van der Waals surface area (Å²) in [5.74, 6) is 0.0389. The van der Waals surface area contributed by atoms with Gasteiger partial charge >= 0.3 is 5.69 Å². The Hall–Kier alpha value is -2.57. The van der Waals surface area contributed by atoms with Crippen LogP contribution in [-0.2, 0) is 6.42 Å². The van der Waals surface area contributed by atoms with Crippen LogP contribution in [0.1, 0.15) is 17.0 Å². The summed E-state index contributed by atoms with van der Waals surface area (Å²) in [6.45, 7) is 1.54. The quantitative estimate of drug-likeness (QED) is 0.644. The van der Waals surface area contributed by atoms with Gasteiger partial charge in [0.1, 0.15) is 11.4 Å². The maximum atomic E-state index is 11.0. The highest BCUT2D eigenvalue weighted by Crippen LogP contribution is 2.23. The molecule has 0 aliphatic carbocycles. The molecule has 2 aromatic rings. The summed E-state index contributed by atoms with van der Waals surface area (Å²) in [7, 11) is 0. The zero-order valence-electron chi connectivity index (χ0n) is 9.70. The maximum Gasteiger partial charge on any atom is 0.312 e. The van der Waals surface area contributed by atoms with Gasteiger partial charge in [0.05, 0.1) is 4.92 Å². The van der Waals surface area contributed by atoms with E-state index in [0.29, 0.717) is 12.1 Å². The molecular formula is C11H11N5O2. The van der Waals surface area contributed by atoms with E-state index in [4.69, 9.17) is 5.73 Å². The Bertz CT molecular complexity index is 585. The van der Waals surface area contributed by atoms with Crippen molar-refractivity contribution in [3.8, 4) is 0 Å². The lowest BCUT2D eigenvalue weighted by atomic mass is 10.1. The van der Waals surface area contributed by atoms with Crippen molar-refractivity contribution in [2.75, 3.05) is 5.73 Å². The molecule has 2 rings (SSSR count). The normalized spacial score (nSPS) is 10.3. The first-order valence-electron chi connectivity index (χ1n) is 5.24. The molecule has 0 saturated heterocycles. The first-order valence-corrected chi connectivity index (χ1v) is 5.24. The van der Waals surface area contributed by atoms with Crippen molar-refractivity contribution in [3.63, 3.8) is 0 Å². The SMILES string of the molecule is Cc1nc(N)nc(Cc2cccnc2)c1[N+](=O)[O-]. The van der Waals surface area contributed by atoms with Crippen molar-refractivity contribution in [2.24, 2.45) is 0 Å². The second-order valence-electron chi connectivity index (χ2n) is 3.76. The van der Waals surface area contributed by atoms with E-state index in [1.165, 1.54) is 0 Å². The smallest absolute Gasteiger partial charge is 0.312 e. The molecule has 92 valence electrons. The molecule has 18 heavy (non-hydrogen) atoms. The third-order valence-corrected chi connectivity index (χ3v) is 2.42. The van der Waals surface area contributed by atoms with E-state index in [0.717, 1.165) is 5.56 Å². The Morgan fingerprint density at radius 1 is 1.44 bits per heavy atom. The highest BCUT2D eigenvalue weighted by atomic mass is 16.6. The highest BCUT2D eigenvalue weighted by Gasteiger charge is 2.21. The topological polar surface area (TPSA) is 108 Å². The fraction of sp³-hybridized carbons (Fsp3) is 0.182. The lowest BCUT2D eigenvalue weighted by Gasteiger charge is -2.05. The molecule has 7 heteroatoms. The summed E-state index contributed by atoms with van der Waals surface area (Å²) < 4.78 is 0. The Balaban J connectivity index is 2.46. The second-order valence-corrected chi connectivity index (χ2v) is 3.76. The zero-order valence-corrected chi connectivity index (χ0v) is 9.70. The zero-order chi connectivity index (χ0) is 13.1. The van der Waals surface area contributed by atoms with Crippen molar-refractivity contribution in [1.29, 1.82) is 0 Å². The van der Waals surface area contributed by atoms with E-state index >= 15 is 0 Å². The number of anilines is 1. The fourth-order valence-corrected chi connectivity index (χ4v) is 1.71. The number of rotatable bonds is 3. The molecule has 0 amide bonds. The van der Waals surface area contributed by atoms with Crippen LogP contribution in [0.25, 0.3) is 0 Å². The van der Waals surface area contributed by atoms with Crippen LogP contribution >= 0.6 is 0 Å². The second kappa shape index (κ2) is 4.74. The molecule has 0 aliphatic heterocycles. The van der Waals surface area contributed by atoms with Crippen LogP contribution in [0.15, 0.2) is 24.5 Å². The Morgan fingerprint density at radius 2 is 2.22 bits per heavy atom. The van der Waals surface area contributed by atoms with E-state index < -0.39 is 4.92 Å². The van der Waals surface area contributed by atoms with Gasteiger partial charge in [-0.3, -0.25) is 15.1 Å². The molecule has 0 fully saturated rings. The minimum Gasteiger partial charge on any atom is -0.368 e. The molecule has 0 bridgehead atoms. The monoisotopic (exact) mass is 245 g/mol. The Kier molecular flexibility index (Phi) is 3.13. The molecule has 0 atom stereocenters. The lowest BCUT2D eigenvalue weighted by molar-refractivity contribution is -0.386. The van der Waals surface area contributed by atoms with Crippen molar-refractivity contribution in [1.82, 2.24) is 15.0 Å². The molecule has 0 unspecified atom stereocenters. The third kappa shape index (κ3) is 2.40. The van der Waals surface area contributed by atoms with Gasteiger partial charge in [-0.15, -0.1) is 0 Å². The van der Waals surface area contributed by atoms with Crippen LogP contribution in [0, 0.1) is 17.0 Å². The van der Waals surface area contributed by atoms with Crippen LogP contribution in [0.3, 0.4) is 0 Å². The van der Waals surface area contributed by atoms with Crippen LogP contribution in [0.4, 0.5) is 11.6 Å². The molecule has 2 heterocycles. The molecule has 0 aromatic carbocycles. The number of hydrogen-bond acceptors (Lipinski definition) is 6. The van der Waals surface area contributed by atoms with Crippen LogP contribution < -0.4 is 5.73 Å².